The van der Waals surface area contributed by atoms with Gasteiger partial charge in [0, 0.05) is 26.2 Å². The van der Waals surface area contributed by atoms with Crippen LogP contribution in [0, 0.1) is 0 Å². The summed E-state index contributed by atoms with van der Waals surface area (Å²) in [7, 11) is 1.61. The molecule has 0 atom stereocenters. The van der Waals surface area contributed by atoms with E-state index in [0.717, 1.165) is 17.7 Å². The van der Waals surface area contributed by atoms with Gasteiger partial charge in [0.1, 0.15) is 11.5 Å². The van der Waals surface area contributed by atoms with E-state index in [4.69, 9.17) is 9.47 Å². The van der Waals surface area contributed by atoms with Crippen molar-refractivity contribution in [3.05, 3.63) is 59.7 Å². The van der Waals surface area contributed by atoms with Crippen molar-refractivity contribution in [2.45, 2.75) is 19.8 Å². The van der Waals surface area contributed by atoms with Crippen molar-refractivity contribution in [1.29, 1.82) is 0 Å². The summed E-state index contributed by atoms with van der Waals surface area (Å²) in [6.07, 6.45) is 1.31. The molecule has 2 aromatic carbocycles. The maximum Gasteiger partial charge on any atom is 0.260 e. The normalized spacial score (nSPS) is 13.9. The molecule has 1 saturated heterocycles. The zero-order valence-electron chi connectivity index (χ0n) is 17.1. The highest BCUT2D eigenvalue weighted by molar-refractivity contribution is 5.80. The summed E-state index contributed by atoms with van der Waals surface area (Å²) in [4.78, 5) is 28.6. The Morgan fingerprint density at radius 1 is 0.862 bits per heavy atom. The van der Waals surface area contributed by atoms with Gasteiger partial charge in [0.2, 0.25) is 5.91 Å². The Labute approximate surface area is 172 Å². The lowest BCUT2D eigenvalue weighted by Crippen LogP contribution is -2.52. The zero-order chi connectivity index (χ0) is 20.6. The lowest BCUT2D eigenvalue weighted by Gasteiger charge is -2.34. The zero-order valence-corrected chi connectivity index (χ0v) is 17.1. The molecule has 0 aliphatic carbocycles. The highest BCUT2D eigenvalue weighted by Gasteiger charge is 2.24. The highest BCUT2D eigenvalue weighted by atomic mass is 16.5. The van der Waals surface area contributed by atoms with Gasteiger partial charge in [-0.15, -0.1) is 0 Å². The number of methoxy groups -OCH3 is 1. The largest absolute Gasteiger partial charge is 0.497 e. The van der Waals surface area contributed by atoms with Crippen molar-refractivity contribution >= 4 is 11.8 Å². The topological polar surface area (TPSA) is 59.1 Å². The van der Waals surface area contributed by atoms with E-state index in [-0.39, 0.29) is 18.4 Å². The first kappa shape index (κ1) is 20.7. The van der Waals surface area contributed by atoms with Gasteiger partial charge in [0.05, 0.1) is 13.5 Å². The van der Waals surface area contributed by atoms with Crippen LogP contribution >= 0.6 is 0 Å². The predicted octanol–water partition coefficient (Wildman–Crippen LogP) is 2.55. The van der Waals surface area contributed by atoms with Crippen LogP contribution in [0.15, 0.2) is 48.5 Å². The minimum absolute atomic E-state index is 0.0171. The van der Waals surface area contributed by atoms with E-state index >= 15 is 0 Å². The van der Waals surface area contributed by atoms with Crippen molar-refractivity contribution in [2.75, 3.05) is 39.9 Å². The number of carbonyl (C=O) groups is 2. The second kappa shape index (κ2) is 9.96. The summed E-state index contributed by atoms with van der Waals surface area (Å²) in [6.45, 7) is 4.25. The Balaban J connectivity index is 1.43. The van der Waals surface area contributed by atoms with E-state index in [1.165, 1.54) is 5.56 Å². The minimum atomic E-state index is -0.0514. The highest BCUT2D eigenvalue weighted by Crippen LogP contribution is 2.15. The lowest BCUT2D eigenvalue weighted by atomic mass is 10.1. The Hall–Kier alpha value is -3.02. The third-order valence-corrected chi connectivity index (χ3v) is 5.17. The number of benzene rings is 2. The molecule has 6 heteroatoms. The van der Waals surface area contributed by atoms with Gasteiger partial charge in [-0.3, -0.25) is 9.59 Å². The van der Waals surface area contributed by atoms with Crippen molar-refractivity contribution in [2.24, 2.45) is 0 Å². The molecule has 0 spiro atoms. The van der Waals surface area contributed by atoms with Crippen LogP contribution in [-0.4, -0.2) is 61.5 Å². The molecule has 6 nitrogen and oxygen atoms in total. The fourth-order valence-corrected chi connectivity index (χ4v) is 3.33. The van der Waals surface area contributed by atoms with E-state index < -0.39 is 0 Å². The van der Waals surface area contributed by atoms with Gasteiger partial charge in [-0.2, -0.15) is 0 Å². The molecule has 0 aromatic heterocycles. The Morgan fingerprint density at radius 2 is 1.52 bits per heavy atom. The van der Waals surface area contributed by atoms with Gasteiger partial charge in [-0.05, 0) is 41.8 Å². The first-order chi connectivity index (χ1) is 14.1. The third-order valence-electron chi connectivity index (χ3n) is 5.17. The molecule has 0 bridgehead atoms. The molecule has 3 rings (SSSR count). The Kier molecular flexibility index (Phi) is 7.11. The summed E-state index contributed by atoms with van der Waals surface area (Å²) >= 11 is 0. The summed E-state index contributed by atoms with van der Waals surface area (Å²) in [6, 6.07) is 15.3. The predicted molar refractivity (Wildman–Crippen MR) is 111 cm³/mol. The quantitative estimate of drug-likeness (QED) is 0.722. The maximum atomic E-state index is 12.6. The number of aryl methyl sites for hydroxylation is 1. The van der Waals surface area contributed by atoms with Gasteiger partial charge >= 0.3 is 0 Å². The molecule has 1 aliphatic rings. The molecule has 1 aliphatic heterocycles. The van der Waals surface area contributed by atoms with Crippen molar-refractivity contribution in [1.82, 2.24) is 9.80 Å². The van der Waals surface area contributed by atoms with Gasteiger partial charge in [-0.25, -0.2) is 0 Å². The lowest BCUT2D eigenvalue weighted by molar-refractivity contribution is -0.140. The number of piperazine rings is 1. The molecular weight excluding hydrogens is 368 g/mol. The Bertz CT molecular complexity index is 827. The summed E-state index contributed by atoms with van der Waals surface area (Å²) in [5.74, 6) is 1.46. The maximum absolute atomic E-state index is 12.6. The first-order valence-electron chi connectivity index (χ1n) is 9.99. The van der Waals surface area contributed by atoms with E-state index in [9.17, 15) is 9.59 Å². The molecule has 2 aromatic rings. The van der Waals surface area contributed by atoms with Crippen LogP contribution in [0.1, 0.15) is 18.1 Å². The van der Waals surface area contributed by atoms with Crippen molar-refractivity contribution in [3.63, 3.8) is 0 Å². The number of rotatable bonds is 7. The third kappa shape index (κ3) is 5.73. The molecule has 1 heterocycles. The summed E-state index contributed by atoms with van der Waals surface area (Å²) in [5.41, 5.74) is 2.16. The van der Waals surface area contributed by atoms with Crippen molar-refractivity contribution in [3.8, 4) is 11.5 Å². The van der Waals surface area contributed by atoms with Crippen LogP contribution < -0.4 is 9.47 Å². The molecule has 1 fully saturated rings. The molecule has 0 N–H and O–H groups in total. The van der Waals surface area contributed by atoms with E-state index in [0.29, 0.717) is 38.3 Å². The fourth-order valence-electron chi connectivity index (χ4n) is 3.33. The average Bonchev–Trinajstić information content (AvgIpc) is 2.78. The van der Waals surface area contributed by atoms with Crippen LogP contribution in [0.25, 0.3) is 0 Å². The number of ether oxygens (including phenoxy) is 2. The average molecular weight is 396 g/mol. The van der Waals surface area contributed by atoms with Crippen LogP contribution in [0.3, 0.4) is 0 Å². The van der Waals surface area contributed by atoms with Gasteiger partial charge in [0.25, 0.3) is 5.91 Å². The van der Waals surface area contributed by atoms with E-state index in [1.54, 1.807) is 12.0 Å². The number of hydrogen-bond acceptors (Lipinski definition) is 4. The molecule has 0 saturated carbocycles. The van der Waals surface area contributed by atoms with Crippen LogP contribution in [0.5, 0.6) is 11.5 Å². The second-order valence-corrected chi connectivity index (χ2v) is 7.08. The van der Waals surface area contributed by atoms with E-state index in [2.05, 4.69) is 6.92 Å². The van der Waals surface area contributed by atoms with Gasteiger partial charge in [-0.1, -0.05) is 31.2 Å². The van der Waals surface area contributed by atoms with Gasteiger partial charge < -0.3 is 19.3 Å². The second-order valence-electron chi connectivity index (χ2n) is 7.08. The number of nitrogens with zero attached hydrogens (tertiary/aromatic N) is 2. The number of amides is 2. The van der Waals surface area contributed by atoms with Crippen LogP contribution in [-0.2, 0) is 22.4 Å². The monoisotopic (exact) mass is 396 g/mol. The standard InChI is InChI=1S/C23H28N2O4/c1-3-18-7-9-20(10-8-18)29-17-23(27)25-13-11-24(12-14-25)22(26)16-19-5-4-6-21(15-19)28-2/h4-10,15H,3,11-14,16-17H2,1-2H3. The molecule has 0 radical (unpaired) electrons. The Morgan fingerprint density at radius 3 is 2.14 bits per heavy atom. The molecule has 29 heavy (non-hydrogen) atoms. The minimum Gasteiger partial charge on any atom is -0.497 e. The number of hydrogen-bond donors (Lipinski definition) is 0. The van der Waals surface area contributed by atoms with Crippen LogP contribution in [0.2, 0.25) is 0 Å². The summed E-state index contributed by atoms with van der Waals surface area (Å²) in [5, 5.41) is 0. The molecule has 2 amide bonds. The number of carbonyl (C=O) groups excluding carboxylic acids is 2. The van der Waals surface area contributed by atoms with Crippen LogP contribution in [0.4, 0.5) is 0 Å². The summed E-state index contributed by atoms with van der Waals surface area (Å²) < 4.78 is 10.8. The SMILES string of the molecule is CCc1ccc(OCC(=O)N2CCN(C(=O)Cc3cccc(OC)c3)CC2)cc1. The molecule has 0 unspecified atom stereocenters. The molecule has 154 valence electrons. The first-order valence-corrected chi connectivity index (χ1v) is 9.99. The fraction of sp³-hybridized carbons (Fsp3) is 0.391. The molecular formula is C23H28N2O4. The smallest absolute Gasteiger partial charge is 0.260 e. The van der Waals surface area contributed by atoms with E-state index in [1.807, 2.05) is 53.4 Å². The van der Waals surface area contributed by atoms with Gasteiger partial charge in [0.15, 0.2) is 6.61 Å². The van der Waals surface area contributed by atoms with Crippen molar-refractivity contribution < 1.29 is 19.1 Å².